The van der Waals surface area contributed by atoms with Gasteiger partial charge in [0.1, 0.15) is 0 Å². The van der Waals surface area contributed by atoms with E-state index in [4.69, 9.17) is 5.73 Å². The molecule has 0 aliphatic carbocycles. The molecule has 0 aromatic heterocycles. The highest BCUT2D eigenvalue weighted by atomic mass is 32.2. The predicted molar refractivity (Wildman–Crippen MR) is 67.2 cm³/mol. The van der Waals surface area contributed by atoms with Gasteiger partial charge in [0.2, 0.25) is 0 Å². The lowest BCUT2D eigenvalue weighted by Gasteiger charge is -2.21. The molecule has 1 atom stereocenters. The van der Waals surface area contributed by atoms with Gasteiger partial charge in [-0.3, -0.25) is 0 Å². The van der Waals surface area contributed by atoms with Crippen molar-refractivity contribution in [2.75, 3.05) is 37.7 Å². The van der Waals surface area contributed by atoms with Crippen LogP contribution in [-0.4, -0.2) is 51.0 Å². The van der Waals surface area contributed by atoms with Crippen molar-refractivity contribution >= 4 is 9.84 Å². The number of sulfone groups is 1. The van der Waals surface area contributed by atoms with Crippen LogP contribution in [-0.2, 0) is 9.84 Å². The summed E-state index contributed by atoms with van der Waals surface area (Å²) < 4.78 is 22.8. The molecule has 0 spiro atoms. The molecule has 0 bridgehead atoms. The van der Waals surface area contributed by atoms with Crippen LogP contribution in [0.3, 0.4) is 0 Å². The minimum absolute atomic E-state index is 0.326. The Balaban J connectivity index is 2.33. The molecule has 1 heterocycles. The Hall–Kier alpha value is -0.130. The lowest BCUT2D eigenvalue weighted by Crippen LogP contribution is -2.30. The van der Waals surface area contributed by atoms with Gasteiger partial charge in [-0.05, 0) is 38.4 Å². The Morgan fingerprint density at radius 3 is 2.69 bits per heavy atom. The molecule has 1 aliphatic heterocycles. The van der Waals surface area contributed by atoms with Crippen molar-refractivity contribution < 1.29 is 8.42 Å². The van der Waals surface area contributed by atoms with Crippen LogP contribution < -0.4 is 5.73 Å². The maximum Gasteiger partial charge on any atom is 0.151 e. The summed E-state index contributed by atoms with van der Waals surface area (Å²) in [5.74, 6) is 1.27. The average molecular weight is 248 g/mol. The van der Waals surface area contributed by atoms with Gasteiger partial charge in [-0.2, -0.15) is 0 Å². The Kier molecular flexibility index (Phi) is 5.72. The quantitative estimate of drug-likeness (QED) is 0.769. The van der Waals surface area contributed by atoms with Crippen LogP contribution in [0.1, 0.15) is 26.2 Å². The largest absolute Gasteiger partial charge is 0.330 e. The van der Waals surface area contributed by atoms with Gasteiger partial charge in [0.25, 0.3) is 0 Å². The zero-order valence-corrected chi connectivity index (χ0v) is 11.0. The van der Waals surface area contributed by atoms with Gasteiger partial charge in [0, 0.05) is 6.54 Å². The maximum absolute atomic E-state index is 11.4. The molecular formula is C11H24N2O2S. The fraction of sp³-hybridized carbons (Fsp3) is 1.00. The van der Waals surface area contributed by atoms with Gasteiger partial charge in [-0.1, -0.05) is 13.3 Å². The van der Waals surface area contributed by atoms with Crippen LogP contribution in [0.4, 0.5) is 0 Å². The van der Waals surface area contributed by atoms with E-state index in [9.17, 15) is 8.42 Å². The molecule has 1 aliphatic rings. The molecule has 1 fully saturated rings. The number of hydrogen-bond donors (Lipinski definition) is 1. The first-order chi connectivity index (χ1) is 7.57. The topological polar surface area (TPSA) is 63.4 Å². The highest BCUT2D eigenvalue weighted by molar-refractivity contribution is 7.91. The zero-order chi connectivity index (χ0) is 12.0. The first-order valence-corrected chi connectivity index (χ1v) is 8.02. The van der Waals surface area contributed by atoms with Crippen LogP contribution >= 0.6 is 0 Å². The highest BCUT2D eigenvalue weighted by Gasteiger charge is 2.19. The molecule has 1 unspecified atom stereocenters. The van der Waals surface area contributed by atoms with E-state index in [-0.39, 0.29) is 0 Å². The van der Waals surface area contributed by atoms with Gasteiger partial charge in [-0.25, -0.2) is 8.42 Å². The third-order valence-corrected chi connectivity index (χ3v) is 5.13. The van der Waals surface area contributed by atoms with Crippen molar-refractivity contribution in [1.82, 2.24) is 4.90 Å². The molecule has 0 aromatic rings. The van der Waals surface area contributed by atoms with Crippen molar-refractivity contribution in [3.05, 3.63) is 0 Å². The third kappa shape index (κ3) is 4.80. The Bertz CT molecular complexity index is 286. The predicted octanol–water partition coefficient (Wildman–Crippen LogP) is 0.482. The Labute approximate surface area is 99.1 Å². The Morgan fingerprint density at radius 2 is 2.06 bits per heavy atom. The molecule has 96 valence electrons. The standard InChI is InChI=1S/C11H24N2O2S/c1-2-11(10-12)4-6-13-5-3-8-16(14,15)9-7-13/h11H,2-10,12H2,1H3. The van der Waals surface area contributed by atoms with Gasteiger partial charge < -0.3 is 10.6 Å². The lowest BCUT2D eigenvalue weighted by atomic mass is 10.0. The molecule has 0 saturated carbocycles. The van der Waals surface area contributed by atoms with Crippen molar-refractivity contribution in [2.45, 2.75) is 26.2 Å². The van der Waals surface area contributed by atoms with Crippen molar-refractivity contribution in [3.8, 4) is 0 Å². The monoisotopic (exact) mass is 248 g/mol. The molecule has 0 radical (unpaired) electrons. The molecule has 2 N–H and O–H groups in total. The SMILES string of the molecule is CCC(CN)CCN1CCCS(=O)(=O)CC1. The third-order valence-electron chi connectivity index (χ3n) is 3.41. The fourth-order valence-corrected chi connectivity index (χ4v) is 3.38. The second-order valence-electron chi connectivity index (χ2n) is 4.65. The van der Waals surface area contributed by atoms with Gasteiger partial charge in [0.05, 0.1) is 11.5 Å². The summed E-state index contributed by atoms with van der Waals surface area (Å²) in [6.45, 7) is 5.50. The summed E-state index contributed by atoms with van der Waals surface area (Å²) in [6, 6.07) is 0. The normalized spacial score (nSPS) is 23.9. The number of nitrogens with two attached hydrogens (primary N) is 1. The maximum atomic E-state index is 11.4. The number of rotatable bonds is 5. The van der Waals surface area contributed by atoms with E-state index < -0.39 is 9.84 Å². The summed E-state index contributed by atoms with van der Waals surface area (Å²) in [6.07, 6.45) is 2.98. The first-order valence-electron chi connectivity index (χ1n) is 6.20. The van der Waals surface area contributed by atoms with Crippen LogP contribution in [0.5, 0.6) is 0 Å². The minimum atomic E-state index is -2.77. The summed E-state index contributed by atoms with van der Waals surface area (Å²) in [5, 5.41) is 0. The molecule has 1 saturated heterocycles. The summed E-state index contributed by atoms with van der Waals surface area (Å²) in [4.78, 5) is 2.27. The number of nitrogens with zero attached hydrogens (tertiary/aromatic N) is 1. The molecule has 0 amide bonds. The minimum Gasteiger partial charge on any atom is -0.330 e. The van der Waals surface area contributed by atoms with Gasteiger partial charge in [-0.15, -0.1) is 0 Å². The fourth-order valence-electron chi connectivity index (χ4n) is 2.07. The van der Waals surface area contributed by atoms with Crippen LogP contribution in [0, 0.1) is 5.92 Å². The van der Waals surface area contributed by atoms with Crippen molar-refractivity contribution in [1.29, 1.82) is 0 Å². The summed E-state index contributed by atoms with van der Waals surface area (Å²) >= 11 is 0. The second kappa shape index (κ2) is 6.57. The summed E-state index contributed by atoms with van der Waals surface area (Å²) in [5.41, 5.74) is 5.66. The summed E-state index contributed by atoms with van der Waals surface area (Å²) in [7, 11) is -2.77. The van der Waals surface area contributed by atoms with Crippen molar-refractivity contribution in [2.24, 2.45) is 11.7 Å². The van der Waals surface area contributed by atoms with Gasteiger partial charge in [0.15, 0.2) is 9.84 Å². The van der Waals surface area contributed by atoms with E-state index >= 15 is 0 Å². The second-order valence-corrected chi connectivity index (χ2v) is 6.95. The van der Waals surface area contributed by atoms with Gasteiger partial charge >= 0.3 is 0 Å². The molecule has 0 aromatic carbocycles. The van der Waals surface area contributed by atoms with E-state index in [0.29, 0.717) is 24.0 Å². The van der Waals surface area contributed by atoms with Crippen molar-refractivity contribution in [3.63, 3.8) is 0 Å². The molecule has 1 rings (SSSR count). The molecule has 16 heavy (non-hydrogen) atoms. The first kappa shape index (κ1) is 13.9. The Morgan fingerprint density at radius 1 is 1.31 bits per heavy atom. The van der Waals surface area contributed by atoms with E-state index in [2.05, 4.69) is 11.8 Å². The van der Waals surface area contributed by atoms with E-state index in [1.54, 1.807) is 0 Å². The van der Waals surface area contributed by atoms with E-state index in [0.717, 1.165) is 38.9 Å². The zero-order valence-electron chi connectivity index (χ0n) is 10.2. The smallest absolute Gasteiger partial charge is 0.151 e. The van der Waals surface area contributed by atoms with Crippen LogP contribution in [0.2, 0.25) is 0 Å². The average Bonchev–Trinajstić information content (AvgIpc) is 2.41. The van der Waals surface area contributed by atoms with E-state index in [1.165, 1.54) is 0 Å². The molecular weight excluding hydrogens is 224 g/mol. The highest BCUT2D eigenvalue weighted by Crippen LogP contribution is 2.10. The van der Waals surface area contributed by atoms with Crippen LogP contribution in [0.15, 0.2) is 0 Å². The molecule has 4 nitrogen and oxygen atoms in total. The molecule has 5 heteroatoms. The van der Waals surface area contributed by atoms with E-state index in [1.807, 2.05) is 0 Å². The van der Waals surface area contributed by atoms with Crippen LogP contribution in [0.25, 0.3) is 0 Å². The number of hydrogen-bond acceptors (Lipinski definition) is 4. The lowest BCUT2D eigenvalue weighted by molar-refractivity contribution is 0.267.